The van der Waals surface area contributed by atoms with Gasteiger partial charge in [-0.1, -0.05) is 13.8 Å². The quantitative estimate of drug-likeness (QED) is 0.666. The summed E-state index contributed by atoms with van der Waals surface area (Å²) in [7, 11) is 0. The number of carbonyl (C=O) groups excluding carboxylic acids is 1. The van der Waals surface area contributed by atoms with Crippen LogP contribution in [0.5, 0.6) is 0 Å². The van der Waals surface area contributed by atoms with Gasteiger partial charge in [0.05, 0.1) is 12.7 Å². The largest absolute Gasteiger partial charge is 0.382 e. The smallest absolute Gasteiger partial charge is 0.237 e. The summed E-state index contributed by atoms with van der Waals surface area (Å²) in [5, 5.41) is 3.26. The van der Waals surface area contributed by atoms with E-state index in [0.717, 1.165) is 32.6 Å². The second-order valence-corrected chi connectivity index (χ2v) is 4.66. The van der Waals surface area contributed by atoms with Crippen molar-refractivity contribution in [1.82, 2.24) is 10.2 Å². The Bertz CT molecular complexity index is 219. The minimum absolute atomic E-state index is 0.224. The molecule has 0 aromatic rings. The maximum absolute atomic E-state index is 11.7. The Balaban J connectivity index is 2.32. The van der Waals surface area contributed by atoms with Crippen molar-refractivity contribution in [1.29, 1.82) is 0 Å². The molecule has 0 radical (unpaired) electrons. The van der Waals surface area contributed by atoms with Crippen molar-refractivity contribution in [3.63, 3.8) is 0 Å². The molecule has 1 unspecified atom stereocenters. The minimum atomic E-state index is 0.224. The summed E-state index contributed by atoms with van der Waals surface area (Å²) < 4.78 is 5.29. The van der Waals surface area contributed by atoms with Gasteiger partial charge in [-0.05, 0) is 25.7 Å². The van der Waals surface area contributed by atoms with Crippen LogP contribution in [0.3, 0.4) is 0 Å². The number of rotatable bonds is 7. The fourth-order valence-corrected chi connectivity index (χ4v) is 2.01. The van der Waals surface area contributed by atoms with Crippen LogP contribution in [0, 0.1) is 5.92 Å². The SMILES string of the molecule is CCOCCCN1C(=O)CNC1CC(C)C. The van der Waals surface area contributed by atoms with Crippen molar-refractivity contribution in [2.75, 3.05) is 26.3 Å². The van der Waals surface area contributed by atoms with Crippen molar-refractivity contribution < 1.29 is 9.53 Å². The second-order valence-electron chi connectivity index (χ2n) is 4.66. The summed E-state index contributed by atoms with van der Waals surface area (Å²) in [4.78, 5) is 13.6. The molecule has 1 aliphatic rings. The van der Waals surface area contributed by atoms with Crippen molar-refractivity contribution >= 4 is 5.91 Å². The van der Waals surface area contributed by atoms with E-state index >= 15 is 0 Å². The minimum Gasteiger partial charge on any atom is -0.382 e. The molecule has 1 amide bonds. The Morgan fingerprint density at radius 1 is 1.56 bits per heavy atom. The number of hydrogen-bond donors (Lipinski definition) is 1. The number of ether oxygens (including phenoxy) is 1. The normalized spacial score (nSPS) is 21.1. The Morgan fingerprint density at radius 2 is 2.31 bits per heavy atom. The van der Waals surface area contributed by atoms with Gasteiger partial charge in [0.1, 0.15) is 0 Å². The van der Waals surface area contributed by atoms with E-state index in [1.165, 1.54) is 0 Å². The third-order valence-corrected chi connectivity index (χ3v) is 2.77. The number of nitrogens with zero attached hydrogens (tertiary/aromatic N) is 1. The number of hydrogen-bond acceptors (Lipinski definition) is 3. The van der Waals surface area contributed by atoms with Gasteiger partial charge in [0.15, 0.2) is 0 Å². The van der Waals surface area contributed by atoms with Gasteiger partial charge in [-0.2, -0.15) is 0 Å². The number of carbonyl (C=O) groups is 1. The average Bonchev–Trinajstić information content (AvgIpc) is 2.55. The van der Waals surface area contributed by atoms with Gasteiger partial charge >= 0.3 is 0 Å². The molecule has 0 spiro atoms. The fraction of sp³-hybridized carbons (Fsp3) is 0.917. The molecule has 0 aromatic carbocycles. The van der Waals surface area contributed by atoms with Crippen LogP contribution >= 0.6 is 0 Å². The lowest BCUT2D eigenvalue weighted by molar-refractivity contribution is -0.128. The molecule has 4 heteroatoms. The molecule has 0 bridgehead atoms. The lowest BCUT2D eigenvalue weighted by Crippen LogP contribution is -2.39. The van der Waals surface area contributed by atoms with Crippen LogP contribution in [-0.2, 0) is 9.53 Å². The average molecular weight is 228 g/mol. The van der Waals surface area contributed by atoms with Crippen LogP contribution in [0.25, 0.3) is 0 Å². The van der Waals surface area contributed by atoms with Gasteiger partial charge in [-0.25, -0.2) is 0 Å². The third kappa shape index (κ3) is 4.10. The summed E-state index contributed by atoms with van der Waals surface area (Å²) in [6, 6.07) is 0. The van der Waals surface area contributed by atoms with E-state index < -0.39 is 0 Å². The Hall–Kier alpha value is -0.610. The van der Waals surface area contributed by atoms with E-state index in [4.69, 9.17) is 4.74 Å². The highest BCUT2D eigenvalue weighted by atomic mass is 16.5. The van der Waals surface area contributed by atoms with Crippen LogP contribution in [0.2, 0.25) is 0 Å². The van der Waals surface area contributed by atoms with Gasteiger partial charge in [0, 0.05) is 19.8 Å². The first-order valence-corrected chi connectivity index (χ1v) is 6.25. The van der Waals surface area contributed by atoms with E-state index in [1.54, 1.807) is 0 Å². The first kappa shape index (κ1) is 13.5. The van der Waals surface area contributed by atoms with Crippen molar-refractivity contribution in [3.8, 4) is 0 Å². The molecule has 1 fully saturated rings. The maximum atomic E-state index is 11.7. The molecule has 0 aromatic heterocycles. The molecule has 94 valence electrons. The third-order valence-electron chi connectivity index (χ3n) is 2.77. The highest BCUT2D eigenvalue weighted by molar-refractivity contribution is 5.80. The summed E-state index contributed by atoms with van der Waals surface area (Å²) in [6.07, 6.45) is 2.19. The zero-order valence-corrected chi connectivity index (χ0v) is 10.7. The molecule has 4 nitrogen and oxygen atoms in total. The monoisotopic (exact) mass is 228 g/mol. The van der Waals surface area contributed by atoms with Gasteiger partial charge in [0.25, 0.3) is 0 Å². The Morgan fingerprint density at radius 3 is 2.94 bits per heavy atom. The summed E-state index contributed by atoms with van der Waals surface area (Å²) in [5.41, 5.74) is 0. The van der Waals surface area contributed by atoms with Crippen LogP contribution in [0.15, 0.2) is 0 Å². The molecular weight excluding hydrogens is 204 g/mol. The Labute approximate surface area is 98.3 Å². The van der Waals surface area contributed by atoms with E-state index in [-0.39, 0.29) is 12.1 Å². The van der Waals surface area contributed by atoms with Gasteiger partial charge in [-0.3, -0.25) is 10.1 Å². The van der Waals surface area contributed by atoms with Crippen LogP contribution < -0.4 is 5.32 Å². The molecule has 0 aliphatic carbocycles. The first-order valence-electron chi connectivity index (χ1n) is 6.25. The Kier molecular flexibility index (Phi) is 5.77. The molecule has 1 rings (SSSR count). The van der Waals surface area contributed by atoms with Crippen molar-refractivity contribution in [2.24, 2.45) is 5.92 Å². The topological polar surface area (TPSA) is 41.6 Å². The molecule has 1 atom stereocenters. The zero-order chi connectivity index (χ0) is 12.0. The number of nitrogens with one attached hydrogen (secondary N) is 1. The van der Waals surface area contributed by atoms with E-state index in [9.17, 15) is 4.79 Å². The first-order chi connectivity index (χ1) is 7.65. The zero-order valence-electron chi connectivity index (χ0n) is 10.7. The van der Waals surface area contributed by atoms with Crippen molar-refractivity contribution in [2.45, 2.75) is 39.8 Å². The fourth-order valence-electron chi connectivity index (χ4n) is 2.01. The lowest BCUT2D eigenvalue weighted by Gasteiger charge is -2.25. The summed E-state index contributed by atoms with van der Waals surface area (Å²) >= 11 is 0. The molecule has 1 heterocycles. The van der Waals surface area contributed by atoms with E-state index in [0.29, 0.717) is 12.5 Å². The molecule has 0 saturated carbocycles. The highest BCUT2D eigenvalue weighted by Crippen LogP contribution is 2.14. The van der Waals surface area contributed by atoms with Crippen LogP contribution in [0.1, 0.15) is 33.6 Å². The molecule has 1 N–H and O–H groups in total. The molecule has 1 saturated heterocycles. The predicted molar refractivity (Wildman–Crippen MR) is 64.1 cm³/mol. The van der Waals surface area contributed by atoms with Gasteiger partial charge in [0.2, 0.25) is 5.91 Å². The predicted octanol–water partition coefficient (Wildman–Crippen LogP) is 1.22. The number of amides is 1. The standard InChI is InChI=1S/C12H24N2O2/c1-4-16-7-5-6-14-11(8-10(2)3)13-9-12(14)15/h10-11,13H,4-9H2,1-3H3. The van der Waals surface area contributed by atoms with Crippen LogP contribution in [0.4, 0.5) is 0 Å². The van der Waals surface area contributed by atoms with E-state index in [1.807, 2.05) is 11.8 Å². The van der Waals surface area contributed by atoms with Gasteiger partial charge in [-0.15, -0.1) is 0 Å². The van der Waals surface area contributed by atoms with E-state index in [2.05, 4.69) is 19.2 Å². The van der Waals surface area contributed by atoms with Crippen molar-refractivity contribution in [3.05, 3.63) is 0 Å². The van der Waals surface area contributed by atoms with Crippen LogP contribution in [-0.4, -0.2) is 43.3 Å². The van der Waals surface area contributed by atoms with Gasteiger partial charge < -0.3 is 9.64 Å². The summed E-state index contributed by atoms with van der Waals surface area (Å²) in [5.74, 6) is 0.833. The summed E-state index contributed by atoms with van der Waals surface area (Å²) in [6.45, 7) is 9.15. The second kappa shape index (κ2) is 6.86. The molecule has 1 aliphatic heterocycles. The molecular formula is C12H24N2O2. The maximum Gasteiger partial charge on any atom is 0.237 e. The lowest BCUT2D eigenvalue weighted by atomic mass is 10.1. The highest BCUT2D eigenvalue weighted by Gasteiger charge is 2.29. The molecule has 16 heavy (non-hydrogen) atoms.